The van der Waals surface area contributed by atoms with Crippen molar-refractivity contribution in [1.29, 1.82) is 0 Å². The monoisotopic (exact) mass is 265 g/mol. The molecule has 0 aliphatic heterocycles. The van der Waals surface area contributed by atoms with E-state index < -0.39 is 11.6 Å². The Morgan fingerprint density at radius 3 is 2.58 bits per heavy atom. The van der Waals surface area contributed by atoms with Gasteiger partial charge < -0.3 is 5.73 Å². The van der Waals surface area contributed by atoms with Crippen LogP contribution in [0.1, 0.15) is 29.9 Å². The first-order valence-electron chi connectivity index (χ1n) is 6.23. The van der Waals surface area contributed by atoms with Gasteiger partial charge in [0.05, 0.1) is 17.4 Å². The van der Waals surface area contributed by atoms with E-state index in [4.69, 9.17) is 5.73 Å². The number of benzene rings is 1. The summed E-state index contributed by atoms with van der Waals surface area (Å²) in [7, 11) is 1.83. The normalized spacial score (nSPS) is 12.7. The van der Waals surface area contributed by atoms with Gasteiger partial charge in [-0.1, -0.05) is 13.0 Å². The Labute approximate surface area is 111 Å². The third-order valence-corrected chi connectivity index (χ3v) is 3.15. The number of hydrogen-bond acceptors (Lipinski definition) is 2. The summed E-state index contributed by atoms with van der Waals surface area (Å²) < 4.78 is 27.7. The van der Waals surface area contributed by atoms with Crippen molar-refractivity contribution in [1.82, 2.24) is 9.78 Å². The van der Waals surface area contributed by atoms with E-state index >= 15 is 0 Å². The SMILES string of the molecule is CCc1cc(C(N)Cc2ccc(F)c(F)c2)n(C)n1. The van der Waals surface area contributed by atoms with Gasteiger partial charge in [0.15, 0.2) is 11.6 Å². The second-order valence-corrected chi connectivity index (χ2v) is 4.60. The Hall–Kier alpha value is -1.75. The number of rotatable bonds is 4. The molecule has 3 nitrogen and oxygen atoms in total. The molecule has 2 aromatic rings. The summed E-state index contributed by atoms with van der Waals surface area (Å²) in [6, 6.07) is 5.52. The summed E-state index contributed by atoms with van der Waals surface area (Å²) in [5.74, 6) is -1.69. The van der Waals surface area contributed by atoms with Crippen molar-refractivity contribution in [3.8, 4) is 0 Å². The summed E-state index contributed by atoms with van der Waals surface area (Å²) in [6.07, 6.45) is 1.28. The van der Waals surface area contributed by atoms with Crippen LogP contribution in [0, 0.1) is 11.6 Å². The molecule has 0 radical (unpaired) electrons. The van der Waals surface area contributed by atoms with Crippen LogP contribution in [0.25, 0.3) is 0 Å². The van der Waals surface area contributed by atoms with Gasteiger partial charge in [0, 0.05) is 7.05 Å². The second-order valence-electron chi connectivity index (χ2n) is 4.60. The minimum absolute atomic E-state index is 0.289. The molecule has 0 aliphatic carbocycles. The Morgan fingerprint density at radius 1 is 1.26 bits per heavy atom. The summed E-state index contributed by atoms with van der Waals surface area (Å²) in [5.41, 5.74) is 8.64. The molecular formula is C14H17F2N3. The first-order chi connectivity index (χ1) is 9.01. The van der Waals surface area contributed by atoms with Crippen LogP contribution in [0.5, 0.6) is 0 Å². The highest BCUT2D eigenvalue weighted by atomic mass is 19.2. The quantitative estimate of drug-likeness (QED) is 0.923. The van der Waals surface area contributed by atoms with Crippen LogP contribution in [0.3, 0.4) is 0 Å². The van der Waals surface area contributed by atoms with Gasteiger partial charge >= 0.3 is 0 Å². The van der Waals surface area contributed by atoms with Gasteiger partial charge in [-0.15, -0.1) is 0 Å². The van der Waals surface area contributed by atoms with E-state index in [1.807, 2.05) is 20.0 Å². The largest absolute Gasteiger partial charge is 0.322 e. The number of nitrogens with two attached hydrogens (primary N) is 1. The fourth-order valence-electron chi connectivity index (χ4n) is 2.09. The molecule has 0 fully saturated rings. The van der Waals surface area contributed by atoms with Crippen LogP contribution in [0.15, 0.2) is 24.3 Å². The van der Waals surface area contributed by atoms with E-state index in [0.29, 0.717) is 12.0 Å². The Bertz CT molecular complexity index is 578. The maximum atomic E-state index is 13.1. The lowest BCUT2D eigenvalue weighted by Gasteiger charge is -2.12. The highest BCUT2D eigenvalue weighted by Crippen LogP contribution is 2.18. The van der Waals surface area contributed by atoms with Crippen LogP contribution < -0.4 is 5.73 Å². The second kappa shape index (κ2) is 5.48. The van der Waals surface area contributed by atoms with Crippen LogP contribution in [0.4, 0.5) is 8.78 Å². The molecule has 0 aliphatic rings. The number of aromatic nitrogens is 2. The van der Waals surface area contributed by atoms with E-state index in [-0.39, 0.29) is 6.04 Å². The minimum atomic E-state index is -0.844. The molecule has 102 valence electrons. The Kier molecular flexibility index (Phi) is 3.95. The molecule has 2 rings (SSSR count). The lowest BCUT2D eigenvalue weighted by molar-refractivity contribution is 0.505. The zero-order valence-electron chi connectivity index (χ0n) is 11.0. The molecular weight excluding hydrogens is 248 g/mol. The summed E-state index contributed by atoms with van der Waals surface area (Å²) >= 11 is 0. The molecule has 0 saturated carbocycles. The lowest BCUT2D eigenvalue weighted by Crippen LogP contribution is -2.17. The van der Waals surface area contributed by atoms with Crippen molar-refractivity contribution >= 4 is 0 Å². The van der Waals surface area contributed by atoms with Crippen molar-refractivity contribution in [3.05, 3.63) is 52.9 Å². The molecule has 19 heavy (non-hydrogen) atoms. The van der Waals surface area contributed by atoms with Crippen LogP contribution in [-0.4, -0.2) is 9.78 Å². The van der Waals surface area contributed by atoms with Gasteiger partial charge in [-0.2, -0.15) is 5.10 Å². The molecule has 1 aromatic heterocycles. The maximum absolute atomic E-state index is 13.1. The number of aryl methyl sites for hydroxylation is 2. The third kappa shape index (κ3) is 2.98. The smallest absolute Gasteiger partial charge is 0.159 e. The van der Waals surface area contributed by atoms with E-state index in [1.54, 1.807) is 10.7 Å². The maximum Gasteiger partial charge on any atom is 0.159 e. The van der Waals surface area contributed by atoms with Gasteiger partial charge in [0.2, 0.25) is 0 Å². The van der Waals surface area contributed by atoms with E-state index in [0.717, 1.165) is 23.9 Å². The third-order valence-electron chi connectivity index (χ3n) is 3.15. The van der Waals surface area contributed by atoms with Gasteiger partial charge in [-0.3, -0.25) is 4.68 Å². The first kappa shape index (κ1) is 13.7. The predicted octanol–water partition coefficient (Wildman–Crippen LogP) is 2.50. The molecule has 1 unspecified atom stereocenters. The zero-order chi connectivity index (χ0) is 14.0. The van der Waals surface area contributed by atoms with Gasteiger partial charge in [0.25, 0.3) is 0 Å². The highest BCUT2D eigenvalue weighted by molar-refractivity contribution is 5.22. The van der Waals surface area contributed by atoms with Gasteiger partial charge in [-0.25, -0.2) is 8.78 Å². The minimum Gasteiger partial charge on any atom is -0.322 e. The van der Waals surface area contributed by atoms with Crippen molar-refractivity contribution < 1.29 is 8.78 Å². The molecule has 5 heteroatoms. The van der Waals surface area contributed by atoms with Crippen molar-refractivity contribution in [2.75, 3.05) is 0 Å². The van der Waals surface area contributed by atoms with Crippen molar-refractivity contribution in [2.45, 2.75) is 25.8 Å². The predicted molar refractivity (Wildman–Crippen MR) is 69.6 cm³/mol. The topological polar surface area (TPSA) is 43.8 Å². The molecule has 1 atom stereocenters. The zero-order valence-corrected chi connectivity index (χ0v) is 11.0. The molecule has 0 amide bonds. The fraction of sp³-hybridized carbons (Fsp3) is 0.357. The van der Waals surface area contributed by atoms with E-state index in [1.165, 1.54) is 6.07 Å². The summed E-state index contributed by atoms with van der Waals surface area (Å²) in [5, 5.41) is 4.33. The molecule has 1 heterocycles. The highest BCUT2D eigenvalue weighted by Gasteiger charge is 2.14. The molecule has 1 aromatic carbocycles. The molecule has 2 N–H and O–H groups in total. The molecule has 0 saturated heterocycles. The van der Waals surface area contributed by atoms with Gasteiger partial charge in [0.1, 0.15) is 0 Å². The fourth-order valence-corrected chi connectivity index (χ4v) is 2.09. The van der Waals surface area contributed by atoms with Gasteiger partial charge in [-0.05, 0) is 36.6 Å². The summed E-state index contributed by atoms with van der Waals surface area (Å²) in [4.78, 5) is 0. The van der Waals surface area contributed by atoms with Crippen molar-refractivity contribution in [3.63, 3.8) is 0 Å². The molecule has 0 bridgehead atoms. The standard InChI is InChI=1S/C14H17F2N3/c1-3-10-8-14(19(2)18-10)13(17)7-9-4-5-11(15)12(16)6-9/h4-6,8,13H,3,7,17H2,1-2H3. The number of halogens is 2. The Balaban J connectivity index is 2.17. The van der Waals surface area contributed by atoms with Crippen LogP contribution >= 0.6 is 0 Å². The number of hydrogen-bond donors (Lipinski definition) is 1. The van der Waals surface area contributed by atoms with Crippen molar-refractivity contribution in [2.24, 2.45) is 12.8 Å². The average Bonchev–Trinajstić information content (AvgIpc) is 2.75. The summed E-state index contributed by atoms with van der Waals surface area (Å²) in [6.45, 7) is 2.02. The van der Waals surface area contributed by atoms with E-state index in [9.17, 15) is 8.78 Å². The number of nitrogens with zero attached hydrogens (tertiary/aromatic N) is 2. The van der Waals surface area contributed by atoms with E-state index in [2.05, 4.69) is 5.10 Å². The van der Waals surface area contributed by atoms with Crippen LogP contribution in [-0.2, 0) is 19.9 Å². The average molecular weight is 265 g/mol. The van der Waals surface area contributed by atoms with Crippen LogP contribution in [0.2, 0.25) is 0 Å². The molecule has 0 spiro atoms. The first-order valence-corrected chi connectivity index (χ1v) is 6.23. The Morgan fingerprint density at radius 2 is 2.00 bits per heavy atom. The lowest BCUT2D eigenvalue weighted by atomic mass is 10.0.